The first-order valence-corrected chi connectivity index (χ1v) is 12.8. The van der Waals surface area contributed by atoms with Gasteiger partial charge in [-0.25, -0.2) is 0 Å². The van der Waals surface area contributed by atoms with Crippen LogP contribution < -0.4 is 0 Å². The van der Waals surface area contributed by atoms with E-state index in [-0.39, 0.29) is 0 Å². The summed E-state index contributed by atoms with van der Waals surface area (Å²) < 4.78 is 0. The first-order valence-electron chi connectivity index (χ1n) is 12.8. The minimum atomic E-state index is 0.546. The highest BCUT2D eigenvalue weighted by Gasteiger charge is 2.50. The largest absolute Gasteiger partial charge is 0.0953 e. The van der Waals surface area contributed by atoms with E-state index in [1.807, 2.05) is 0 Å². The Morgan fingerprint density at radius 1 is 1.10 bits per heavy atom. The number of hydrogen-bond donors (Lipinski definition) is 0. The van der Waals surface area contributed by atoms with Gasteiger partial charge in [-0.1, -0.05) is 85.1 Å². The fourth-order valence-corrected chi connectivity index (χ4v) is 7.30. The second-order valence-corrected chi connectivity index (χ2v) is 11.8. The molecular weight excluding hydrogens is 348 g/mol. The average molecular weight is 397 g/mol. The van der Waals surface area contributed by atoms with Gasteiger partial charge in [-0.15, -0.1) is 0 Å². The van der Waals surface area contributed by atoms with Crippen molar-refractivity contribution in [1.82, 2.24) is 0 Å². The third kappa shape index (κ3) is 5.11. The van der Waals surface area contributed by atoms with Gasteiger partial charge in [0.2, 0.25) is 0 Å². The molecule has 3 aliphatic carbocycles. The summed E-state index contributed by atoms with van der Waals surface area (Å²) in [5.41, 5.74) is 5.25. The summed E-state index contributed by atoms with van der Waals surface area (Å²) in [7, 11) is 0. The van der Waals surface area contributed by atoms with Gasteiger partial charge in [0.15, 0.2) is 0 Å². The van der Waals surface area contributed by atoms with Crippen molar-refractivity contribution in [3.05, 3.63) is 35.5 Å². The summed E-state index contributed by atoms with van der Waals surface area (Å²) in [6.07, 6.45) is 18.9. The molecule has 29 heavy (non-hydrogen) atoms. The Morgan fingerprint density at radius 3 is 2.59 bits per heavy atom. The van der Waals surface area contributed by atoms with Crippen LogP contribution in [-0.2, 0) is 0 Å². The molecule has 3 rings (SSSR count). The quantitative estimate of drug-likeness (QED) is 0.420. The zero-order valence-corrected chi connectivity index (χ0v) is 20.4. The number of rotatable bonds is 6. The summed E-state index contributed by atoms with van der Waals surface area (Å²) >= 11 is 0. The van der Waals surface area contributed by atoms with E-state index in [0.29, 0.717) is 11.3 Å². The second-order valence-electron chi connectivity index (χ2n) is 11.8. The third-order valence-corrected chi connectivity index (χ3v) is 9.00. The van der Waals surface area contributed by atoms with Crippen molar-refractivity contribution in [3.63, 3.8) is 0 Å². The zero-order chi connectivity index (χ0) is 21.2. The third-order valence-electron chi connectivity index (χ3n) is 9.00. The second kappa shape index (κ2) is 9.57. The van der Waals surface area contributed by atoms with E-state index in [0.717, 1.165) is 29.6 Å². The predicted octanol–water partition coefficient (Wildman–Crippen LogP) is 9.14. The Morgan fingerprint density at radius 2 is 1.86 bits per heavy atom. The molecule has 0 heteroatoms. The van der Waals surface area contributed by atoms with Crippen molar-refractivity contribution in [2.75, 3.05) is 0 Å². The van der Waals surface area contributed by atoms with Crippen LogP contribution in [0.15, 0.2) is 35.5 Å². The van der Waals surface area contributed by atoms with Gasteiger partial charge in [0.05, 0.1) is 0 Å². The molecule has 0 spiro atoms. The molecule has 0 bridgehead atoms. The highest BCUT2D eigenvalue weighted by atomic mass is 14.5. The molecular formula is C29H48. The molecule has 0 aromatic heterocycles. The predicted molar refractivity (Wildman–Crippen MR) is 129 cm³/mol. The molecule has 0 unspecified atom stereocenters. The monoisotopic (exact) mass is 396 g/mol. The summed E-state index contributed by atoms with van der Waals surface area (Å²) in [6.45, 7) is 19.1. The van der Waals surface area contributed by atoms with Crippen LogP contribution in [0.2, 0.25) is 0 Å². The SMILES string of the molecule is C=C1/C(=C\C=C2/CCC[C@]3(C)[C@@H]([C@H](C)CCCC(C)C)CC[C@@H]23)C[C@@H](C)C[C@@H]1C. The van der Waals surface area contributed by atoms with E-state index < -0.39 is 0 Å². The standard InChI is InChI=1S/C29H48/c1-20(2)10-8-11-22(4)27-15-16-28-25(12-9-17-29(27,28)7)13-14-26-19-21(3)18-23(5)24(26)6/h13-14,20-23,27-28H,6,8-12,15-19H2,1-5,7H3/b25-13+,26-14-/t21-,22+,23-,27+,28-,29+/m0/s1. The summed E-state index contributed by atoms with van der Waals surface area (Å²) in [6, 6.07) is 0. The molecule has 0 heterocycles. The van der Waals surface area contributed by atoms with E-state index in [9.17, 15) is 0 Å². The number of fused-ring (bicyclic) bond motifs is 1. The fraction of sp³-hybridized carbons (Fsp3) is 0.793. The maximum atomic E-state index is 4.43. The molecule has 6 atom stereocenters. The molecule has 0 radical (unpaired) electrons. The Kier molecular flexibility index (Phi) is 7.56. The molecule has 164 valence electrons. The van der Waals surface area contributed by atoms with Crippen molar-refractivity contribution in [1.29, 1.82) is 0 Å². The van der Waals surface area contributed by atoms with E-state index in [4.69, 9.17) is 0 Å². The Labute approximate surface area is 182 Å². The normalized spacial score (nSPS) is 39.3. The van der Waals surface area contributed by atoms with Crippen molar-refractivity contribution < 1.29 is 0 Å². The minimum Gasteiger partial charge on any atom is -0.0953 e. The lowest BCUT2D eigenvalue weighted by Gasteiger charge is -2.44. The van der Waals surface area contributed by atoms with Gasteiger partial charge in [-0.2, -0.15) is 0 Å². The van der Waals surface area contributed by atoms with Crippen LogP contribution in [0.5, 0.6) is 0 Å². The molecule has 0 aliphatic heterocycles. The van der Waals surface area contributed by atoms with Crippen molar-refractivity contribution in [3.8, 4) is 0 Å². The maximum absolute atomic E-state index is 4.43. The van der Waals surface area contributed by atoms with Gasteiger partial charge < -0.3 is 0 Å². The van der Waals surface area contributed by atoms with Crippen LogP contribution >= 0.6 is 0 Å². The average Bonchev–Trinajstić information content (AvgIpc) is 3.00. The maximum Gasteiger partial charge on any atom is -0.0143 e. The molecule has 0 N–H and O–H groups in total. The topological polar surface area (TPSA) is 0 Å². The first kappa shape index (κ1) is 22.9. The van der Waals surface area contributed by atoms with Gasteiger partial charge in [0.1, 0.15) is 0 Å². The van der Waals surface area contributed by atoms with Crippen LogP contribution in [-0.4, -0.2) is 0 Å². The highest BCUT2D eigenvalue weighted by Crippen LogP contribution is 2.60. The molecule has 0 nitrogen and oxygen atoms in total. The van der Waals surface area contributed by atoms with E-state index in [1.165, 1.54) is 75.4 Å². The molecule has 3 saturated carbocycles. The molecule has 0 amide bonds. The van der Waals surface area contributed by atoms with Crippen LogP contribution in [0.25, 0.3) is 0 Å². The molecule has 3 fully saturated rings. The van der Waals surface area contributed by atoms with Crippen LogP contribution in [0, 0.1) is 40.9 Å². The van der Waals surface area contributed by atoms with E-state index in [2.05, 4.69) is 60.3 Å². The van der Waals surface area contributed by atoms with Crippen molar-refractivity contribution in [2.45, 2.75) is 106 Å². The summed E-state index contributed by atoms with van der Waals surface area (Å²) in [5.74, 6) is 4.97. The zero-order valence-electron chi connectivity index (χ0n) is 20.4. The summed E-state index contributed by atoms with van der Waals surface area (Å²) in [5, 5.41) is 0. The highest BCUT2D eigenvalue weighted by molar-refractivity contribution is 5.37. The first-order chi connectivity index (χ1) is 13.7. The van der Waals surface area contributed by atoms with Gasteiger partial charge in [0, 0.05) is 0 Å². The van der Waals surface area contributed by atoms with Gasteiger partial charge in [0.25, 0.3) is 0 Å². The Balaban J connectivity index is 1.71. The lowest BCUT2D eigenvalue weighted by Crippen LogP contribution is -2.36. The molecule has 3 aliphatic rings. The van der Waals surface area contributed by atoms with E-state index in [1.54, 1.807) is 5.57 Å². The van der Waals surface area contributed by atoms with Gasteiger partial charge in [-0.3, -0.25) is 0 Å². The van der Waals surface area contributed by atoms with Crippen LogP contribution in [0.3, 0.4) is 0 Å². The Bertz CT molecular complexity index is 632. The van der Waals surface area contributed by atoms with Gasteiger partial charge in [-0.05, 0) is 97.0 Å². The fourth-order valence-electron chi connectivity index (χ4n) is 7.30. The smallest absolute Gasteiger partial charge is 0.0143 e. The lowest BCUT2D eigenvalue weighted by molar-refractivity contribution is 0.0929. The molecule has 0 aromatic rings. The summed E-state index contributed by atoms with van der Waals surface area (Å²) in [4.78, 5) is 0. The Hall–Kier alpha value is -0.780. The molecule has 0 saturated heterocycles. The van der Waals surface area contributed by atoms with E-state index >= 15 is 0 Å². The number of allylic oxidation sites excluding steroid dienone is 5. The van der Waals surface area contributed by atoms with Crippen LogP contribution in [0.4, 0.5) is 0 Å². The van der Waals surface area contributed by atoms with Crippen LogP contribution in [0.1, 0.15) is 106 Å². The van der Waals surface area contributed by atoms with Crippen molar-refractivity contribution in [2.24, 2.45) is 40.9 Å². The molecule has 0 aromatic carbocycles. The minimum absolute atomic E-state index is 0.546. The lowest BCUT2D eigenvalue weighted by atomic mass is 9.60. The van der Waals surface area contributed by atoms with Crippen molar-refractivity contribution >= 4 is 0 Å². The number of hydrogen-bond acceptors (Lipinski definition) is 0. The van der Waals surface area contributed by atoms with Gasteiger partial charge >= 0.3 is 0 Å².